The van der Waals surface area contributed by atoms with Crippen LogP contribution in [0, 0.1) is 0 Å². The van der Waals surface area contributed by atoms with Crippen LogP contribution in [0.1, 0.15) is 42.1 Å². The SMILES string of the molecule is CCOC(=O)c1nnn(Cc2cncn2CC)c1C(F)F. The van der Waals surface area contributed by atoms with Crippen molar-refractivity contribution in [2.75, 3.05) is 6.61 Å². The third-order valence-corrected chi connectivity index (χ3v) is 2.90. The zero-order chi connectivity index (χ0) is 15.4. The van der Waals surface area contributed by atoms with Gasteiger partial charge in [0.25, 0.3) is 6.43 Å². The first-order valence-electron chi connectivity index (χ1n) is 6.46. The molecule has 0 N–H and O–H groups in total. The van der Waals surface area contributed by atoms with Crippen molar-refractivity contribution in [3.8, 4) is 0 Å². The van der Waals surface area contributed by atoms with Crippen molar-refractivity contribution in [2.45, 2.75) is 33.4 Å². The van der Waals surface area contributed by atoms with Gasteiger partial charge < -0.3 is 9.30 Å². The van der Waals surface area contributed by atoms with E-state index in [-0.39, 0.29) is 13.2 Å². The van der Waals surface area contributed by atoms with Crippen molar-refractivity contribution in [3.63, 3.8) is 0 Å². The minimum atomic E-state index is -2.88. The van der Waals surface area contributed by atoms with Gasteiger partial charge in [-0.05, 0) is 13.8 Å². The molecule has 0 amide bonds. The molecule has 0 spiro atoms. The molecular weight excluding hydrogens is 284 g/mol. The van der Waals surface area contributed by atoms with E-state index in [1.807, 2.05) is 6.92 Å². The largest absolute Gasteiger partial charge is 0.461 e. The standard InChI is InChI=1S/C12H15F2N5O2/c1-3-18-7-15-5-8(18)6-19-10(11(13)14)9(16-17-19)12(20)21-4-2/h5,7,11H,3-4,6H2,1-2H3. The lowest BCUT2D eigenvalue weighted by molar-refractivity contribution is 0.0506. The second-order valence-corrected chi connectivity index (χ2v) is 4.17. The van der Waals surface area contributed by atoms with Crippen LogP contribution in [-0.2, 0) is 17.8 Å². The molecule has 7 nitrogen and oxygen atoms in total. The summed E-state index contributed by atoms with van der Waals surface area (Å²) in [5, 5.41) is 7.16. The average molecular weight is 299 g/mol. The van der Waals surface area contributed by atoms with E-state index >= 15 is 0 Å². The Balaban J connectivity index is 2.34. The van der Waals surface area contributed by atoms with Crippen molar-refractivity contribution < 1.29 is 18.3 Å². The predicted octanol–water partition coefficient (Wildman–Crippen LogP) is 1.66. The fourth-order valence-corrected chi connectivity index (χ4v) is 1.92. The predicted molar refractivity (Wildman–Crippen MR) is 67.9 cm³/mol. The number of hydrogen-bond donors (Lipinski definition) is 0. The number of carbonyl (C=O) groups is 1. The molecule has 0 bridgehead atoms. The molecule has 2 heterocycles. The van der Waals surface area contributed by atoms with E-state index < -0.39 is 23.8 Å². The molecule has 2 aromatic heterocycles. The van der Waals surface area contributed by atoms with Gasteiger partial charge in [-0.25, -0.2) is 23.2 Å². The molecule has 2 aromatic rings. The van der Waals surface area contributed by atoms with Gasteiger partial charge in [0, 0.05) is 6.54 Å². The molecule has 114 valence electrons. The first-order valence-corrected chi connectivity index (χ1v) is 6.46. The zero-order valence-corrected chi connectivity index (χ0v) is 11.7. The molecule has 0 saturated heterocycles. The van der Waals surface area contributed by atoms with Crippen LogP contribution in [0.2, 0.25) is 0 Å². The van der Waals surface area contributed by atoms with Crippen LogP contribution in [0.5, 0.6) is 0 Å². The van der Waals surface area contributed by atoms with Crippen molar-refractivity contribution in [2.24, 2.45) is 0 Å². The summed E-state index contributed by atoms with van der Waals surface area (Å²) in [6, 6.07) is 0. The molecule has 2 rings (SSSR count). The molecule has 21 heavy (non-hydrogen) atoms. The van der Waals surface area contributed by atoms with Crippen LogP contribution >= 0.6 is 0 Å². The van der Waals surface area contributed by atoms with Crippen LogP contribution in [0.4, 0.5) is 8.78 Å². The summed E-state index contributed by atoms with van der Waals surface area (Å²) in [6.45, 7) is 4.28. The van der Waals surface area contributed by atoms with E-state index in [1.54, 1.807) is 24.0 Å². The summed E-state index contributed by atoms with van der Waals surface area (Å²) in [5.41, 5.74) is -0.300. The maximum Gasteiger partial charge on any atom is 0.361 e. The third kappa shape index (κ3) is 3.06. The smallest absolute Gasteiger partial charge is 0.361 e. The highest BCUT2D eigenvalue weighted by Gasteiger charge is 2.27. The quantitative estimate of drug-likeness (QED) is 0.758. The number of nitrogens with zero attached hydrogens (tertiary/aromatic N) is 5. The molecule has 0 aliphatic carbocycles. The summed E-state index contributed by atoms with van der Waals surface area (Å²) in [4.78, 5) is 15.6. The fourth-order valence-electron chi connectivity index (χ4n) is 1.92. The summed E-state index contributed by atoms with van der Waals surface area (Å²) < 4.78 is 33.9. The van der Waals surface area contributed by atoms with Gasteiger partial charge in [0.15, 0.2) is 5.69 Å². The van der Waals surface area contributed by atoms with Crippen LogP contribution in [0.3, 0.4) is 0 Å². The third-order valence-electron chi connectivity index (χ3n) is 2.90. The molecule has 0 radical (unpaired) electrons. The van der Waals surface area contributed by atoms with Gasteiger partial charge in [0.1, 0.15) is 5.69 Å². The lowest BCUT2D eigenvalue weighted by Gasteiger charge is -2.08. The van der Waals surface area contributed by atoms with Crippen LogP contribution in [0.25, 0.3) is 0 Å². The number of esters is 1. The van der Waals surface area contributed by atoms with Gasteiger partial charge in [0.05, 0.1) is 31.4 Å². The molecule has 0 aliphatic rings. The number of alkyl halides is 2. The summed E-state index contributed by atoms with van der Waals surface area (Å²) in [7, 11) is 0. The molecule has 0 saturated carbocycles. The van der Waals surface area contributed by atoms with Gasteiger partial charge in [0.2, 0.25) is 0 Å². The number of carbonyl (C=O) groups excluding carboxylic acids is 1. The Kier molecular flexibility index (Phi) is 4.61. The van der Waals surface area contributed by atoms with E-state index in [0.717, 1.165) is 4.68 Å². The zero-order valence-electron chi connectivity index (χ0n) is 11.7. The number of hydrogen-bond acceptors (Lipinski definition) is 5. The van der Waals surface area contributed by atoms with E-state index in [9.17, 15) is 13.6 Å². The molecule has 0 atom stereocenters. The topological polar surface area (TPSA) is 74.8 Å². The summed E-state index contributed by atoms with van der Waals surface area (Å²) >= 11 is 0. The highest BCUT2D eigenvalue weighted by Crippen LogP contribution is 2.22. The van der Waals surface area contributed by atoms with Gasteiger partial charge in [-0.2, -0.15) is 0 Å². The maximum absolute atomic E-state index is 13.2. The number of rotatable bonds is 6. The van der Waals surface area contributed by atoms with Gasteiger partial charge in [-0.3, -0.25) is 0 Å². The first kappa shape index (κ1) is 15.1. The molecule has 9 heteroatoms. The van der Waals surface area contributed by atoms with Crippen LogP contribution in [-0.4, -0.2) is 37.1 Å². The lowest BCUT2D eigenvalue weighted by atomic mass is 10.3. The van der Waals surface area contributed by atoms with Crippen molar-refractivity contribution in [1.29, 1.82) is 0 Å². The summed E-state index contributed by atoms with van der Waals surface area (Å²) in [5.74, 6) is -0.900. The summed E-state index contributed by atoms with van der Waals surface area (Å²) in [6.07, 6.45) is 0.280. The Hall–Kier alpha value is -2.32. The Morgan fingerprint density at radius 2 is 2.19 bits per heavy atom. The first-order chi connectivity index (χ1) is 10.1. The molecule has 0 aromatic carbocycles. The second-order valence-electron chi connectivity index (χ2n) is 4.17. The van der Waals surface area contributed by atoms with Gasteiger partial charge >= 0.3 is 5.97 Å². The van der Waals surface area contributed by atoms with Crippen molar-refractivity contribution in [1.82, 2.24) is 24.5 Å². The normalized spacial score (nSPS) is 11.1. The Morgan fingerprint density at radius 3 is 2.81 bits per heavy atom. The highest BCUT2D eigenvalue weighted by atomic mass is 19.3. The number of aromatic nitrogens is 5. The minimum Gasteiger partial charge on any atom is -0.461 e. The van der Waals surface area contributed by atoms with E-state index in [2.05, 4.69) is 15.3 Å². The van der Waals surface area contributed by atoms with E-state index in [0.29, 0.717) is 12.2 Å². The Morgan fingerprint density at radius 1 is 1.43 bits per heavy atom. The van der Waals surface area contributed by atoms with Gasteiger partial charge in [-0.1, -0.05) is 5.21 Å². The van der Waals surface area contributed by atoms with Crippen molar-refractivity contribution >= 4 is 5.97 Å². The van der Waals surface area contributed by atoms with E-state index in [1.165, 1.54) is 0 Å². The van der Waals surface area contributed by atoms with Crippen LogP contribution < -0.4 is 0 Å². The maximum atomic E-state index is 13.2. The highest BCUT2D eigenvalue weighted by molar-refractivity contribution is 5.88. The molecule has 0 unspecified atom stereocenters. The van der Waals surface area contributed by atoms with Gasteiger partial charge in [-0.15, -0.1) is 5.10 Å². The Labute approximate surface area is 119 Å². The molecule has 0 aliphatic heterocycles. The van der Waals surface area contributed by atoms with Crippen LogP contribution in [0.15, 0.2) is 12.5 Å². The molecular formula is C12H15F2N5O2. The Bertz CT molecular complexity index is 623. The lowest BCUT2D eigenvalue weighted by Crippen LogP contribution is -2.13. The number of ether oxygens (including phenoxy) is 1. The minimum absolute atomic E-state index is 0.0555. The average Bonchev–Trinajstić information content (AvgIpc) is 3.05. The number of halogens is 2. The molecule has 0 fully saturated rings. The number of aryl methyl sites for hydroxylation is 1. The van der Waals surface area contributed by atoms with Crippen molar-refractivity contribution in [3.05, 3.63) is 29.6 Å². The number of imidazole rings is 1. The monoisotopic (exact) mass is 299 g/mol. The second kappa shape index (κ2) is 6.42. The van der Waals surface area contributed by atoms with E-state index in [4.69, 9.17) is 4.74 Å². The fraction of sp³-hybridized carbons (Fsp3) is 0.500.